The lowest BCUT2D eigenvalue weighted by Crippen LogP contribution is -2.43. The summed E-state index contributed by atoms with van der Waals surface area (Å²) in [5, 5.41) is 12.6. The third kappa shape index (κ3) is 1.65. The standard InChI is InChI=1S/C8H7Cl3N2/c1-4-5(9)6(10)7(11)8(2,3-12)13-4/h13H,1-2H3. The van der Waals surface area contributed by atoms with E-state index in [4.69, 9.17) is 40.1 Å². The number of halogens is 3. The Labute approximate surface area is 91.8 Å². The summed E-state index contributed by atoms with van der Waals surface area (Å²) in [4.78, 5) is 0. The first-order valence-corrected chi connectivity index (χ1v) is 4.67. The zero-order valence-electron chi connectivity index (χ0n) is 7.08. The largest absolute Gasteiger partial charge is 0.366 e. The fourth-order valence-electron chi connectivity index (χ4n) is 1.04. The van der Waals surface area contributed by atoms with E-state index in [1.165, 1.54) is 0 Å². The van der Waals surface area contributed by atoms with Crippen molar-refractivity contribution in [2.75, 3.05) is 0 Å². The minimum Gasteiger partial charge on any atom is -0.366 e. The molecular weight excluding hydrogens is 230 g/mol. The number of nitrogens with zero attached hydrogens (tertiary/aromatic N) is 1. The molecule has 1 aliphatic heterocycles. The van der Waals surface area contributed by atoms with Gasteiger partial charge < -0.3 is 5.32 Å². The predicted molar refractivity (Wildman–Crippen MR) is 54.4 cm³/mol. The van der Waals surface area contributed by atoms with Crippen molar-refractivity contribution in [1.29, 1.82) is 5.26 Å². The Morgan fingerprint density at radius 1 is 1.31 bits per heavy atom. The van der Waals surface area contributed by atoms with Crippen LogP contribution in [0.3, 0.4) is 0 Å². The number of hydrogen-bond donors (Lipinski definition) is 1. The van der Waals surface area contributed by atoms with E-state index < -0.39 is 5.54 Å². The summed E-state index contributed by atoms with van der Waals surface area (Å²) < 4.78 is 0. The van der Waals surface area contributed by atoms with Gasteiger partial charge in [0, 0.05) is 5.70 Å². The van der Waals surface area contributed by atoms with Gasteiger partial charge in [0.05, 0.1) is 21.2 Å². The van der Waals surface area contributed by atoms with Gasteiger partial charge in [-0.15, -0.1) is 0 Å². The first-order valence-electron chi connectivity index (χ1n) is 3.54. The number of rotatable bonds is 0. The minimum atomic E-state index is -0.971. The van der Waals surface area contributed by atoms with Crippen LogP contribution in [0.4, 0.5) is 0 Å². The highest BCUT2D eigenvalue weighted by molar-refractivity contribution is 6.48. The fourth-order valence-corrected chi connectivity index (χ4v) is 1.75. The molecule has 1 unspecified atom stereocenters. The van der Waals surface area contributed by atoms with E-state index in [1.54, 1.807) is 13.8 Å². The van der Waals surface area contributed by atoms with E-state index in [0.717, 1.165) is 0 Å². The van der Waals surface area contributed by atoms with Gasteiger partial charge in [0.25, 0.3) is 0 Å². The third-order valence-corrected chi connectivity index (χ3v) is 3.43. The summed E-state index contributed by atoms with van der Waals surface area (Å²) in [5.41, 5.74) is -0.318. The van der Waals surface area contributed by atoms with E-state index in [0.29, 0.717) is 10.7 Å². The van der Waals surface area contributed by atoms with Crippen LogP contribution >= 0.6 is 34.8 Å². The van der Waals surface area contributed by atoms with Gasteiger partial charge in [0.2, 0.25) is 0 Å². The maximum absolute atomic E-state index is 8.89. The number of hydrogen-bond acceptors (Lipinski definition) is 2. The summed E-state index contributed by atoms with van der Waals surface area (Å²) in [6.07, 6.45) is 0. The summed E-state index contributed by atoms with van der Waals surface area (Å²) in [6.45, 7) is 3.38. The van der Waals surface area contributed by atoms with Gasteiger partial charge >= 0.3 is 0 Å². The molecule has 70 valence electrons. The highest BCUT2D eigenvalue weighted by Crippen LogP contribution is 2.37. The third-order valence-electron chi connectivity index (χ3n) is 1.81. The molecule has 1 atom stereocenters. The molecule has 2 nitrogen and oxygen atoms in total. The quantitative estimate of drug-likeness (QED) is 0.703. The Bertz CT molecular complexity index is 351. The molecular formula is C8H7Cl3N2. The number of nitrogens with one attached hydrogen (secondary N) is 1. The Morgan fingerprint density at radius 2 is 1.85 bits per heavy atom. The van der Waals surface area contributed by atoms with Gasteiger partial charge in [-0.3, -0.25) is 0 Å². The van der Waals surface area contributed by atoms with E-state index in [1.807, 2.05) is 6.07 Å². The summed E-state index contributed by atoms with van der Waals surface area (Å²) >= 11 is 17.6. The van der Waals surface area contributed by atoms with E-state index in [-0.39, 0.29) is 10.1 Å². The second-order valence-corrected chi connectivity index (χ2v) is 4.06. The second kappa shape index (κ2) is 3.42. The van der Waals surface area contributed by atoms with Crippen molar-refractivity contribution < 1.29 is 0 Å². The molecule has 0 saturated heterocycles. The van der Waals surface area contributed by atoms with Crippen molar-refractivity contribution in [2.45, 2.75) is 19.4 Å². The van der Waals surface area contributed by atoms with Crippen molar-refractivity contribution in [3.8, 4) is 6.07 Å². The molecule has 1 heterocycles. The van der Waals surface area contributed by atoms with Gasteiger partial charge in [0.15, 0.2) is 5.54 Å². The van der Waals surface area contributed by atoms with E-state index >= 15 is 0 Å². The monoisotopic (exact) mass is 236 g/mol. The lowest BCUT2D eigenvalue weighted by Gasteiger charge is -2.29. The molecule has 0 fully saturated rings. The lowest BCUT2D eigenvalue weighted by molar-refractivity contribution is 0.582. The molecule has 13 heavy (non-hydrogen) atoms. The zero-order chi connectivity index (χ0) is 10.2. The molecule has 1 aliphatic rings. The molecule has 0 aromatic carbocycles. The topological polar surface area (TPSA) is 35.8 Å². The normalized spacial score (nSPS) is 28.6. The fraction of sp³-hybridized carbons (Fsp3) is 0.375. The van der Waals surface area contributed by atoms with Crippen LogP contribution in [-0.2, 0) is 0 Å². The molecule has 0 saturated carbocycles. The average Bonchev–Trinajstić information content (AvgIpc) is 2.12. The molecule has 0 bridgehead atoms. The highest BCUT2D eigenvalue weighted by Gasteiger charge is 2.35. The Hall–Kier alpha value is -0.360. The maximum Gasteiger partial charge on any atom is 0.160 e. The van der Waals surface area contributed by atoms with Gasteiger partial charge in [-0.25, -0.2) is 0 Å². The van der Waals surface area contributed by atoms with Crippen LogP contribution in [-0.4, -0.2) is 5.54 Å². The van der Waals surface area contributed by atoms with E-state index in [9.17, 15) is 0 Å². The molecule has 0 spiro atoms. The zero-order valence-corrected chi connectivity index (χ0v) is 9.35. The van der Waals surface area contributed by atoms with Gasteiger partial charge in [0.1, 0.15) is 0 Å². The Morgan fingerprint density at radius 3 is 2.31 bits per heavy atom. The van der Waals surface area contributed by atoms with Crippen LogP contribution in [0.15, 0.2) is 20.8 Å². The summed E-state index contributed by atoms with van der Waals surface area (Å²) in [7, 11) is 0. The minimum absolute atomic E-state index is 0.229. The molecule has 1 N–H and O–H groups in total. The average molecular weight is 238 g/mol. The molecule has 0 aromatic heterocycles. The van der Waals surface area contributed by atoms with Crippen LogP contribution in [0, 0.1) is 11.3 Å². The first-order chi connectivity index (χ1) is 5.92. The van der Waals surface area contributed by atoms with Crippen molar-refractivity contribution in [3.05, 3.63) is 20.8 Å². The van der Waals surface area contributed by atoms with Crippen LogP contribution < -0.4 is 5.32 Å². The molecule has 0 radical (unpaired) electrons. The van der Waals surface area contributed by atoms with Crippen LogP contribution in [0.1, 0.15) is 13.8 Å². The highest BCUT2D eigenvalue weighted by atomic mass is 35.5. The number of dihydropyridines is 1. The smallest absolute Gasteiger partial charge is 0.160 e. The Balaban J connectivity index is 3.29. The predicted octanol–water partition coefficient (Wildman–Crippen LogP) is 3.03. The first kappa shape index (κ1) is 10.7. The van der Waals surface area contributed by atoms with Gasteiger partial charge in [-0.05, 0) is 13.8 Å². The second-order valence-electron chi connectivity index (χ2n) is 2.93. The summed E-state index contributed by atoms with van der Waals surface area (Å²) in [6, 6.07) is 2.03. The maximum atomic E-state index is 8.89. The molecule has 1 rings (SSSR count). The SMILES string of the molecule is CC1=C(Cl)C(Cl)=C(Cl)C(C)(C#N)N1. The van der Waals surface area contributed by atoms with Gasteiger partial charge in [-0.1, -0.05) is 34.8 Å². The lowest BCUT2D eigenvalue weighted by atomic mass is 10.00. The van der Waals surface area contributed by atoms with Crippen LogP contribution in [0.2, 0.25) is 0 Å². The molecule has 0 aromatic rings. The van der Waals surface area contributed by atoms with Crippen molar-refractivity contribution in [2.24, 2.45) is 0 Å². The number of nitriles is 1. The van der Waals surface area contributed by atoms with Crippen LogP contribution in [0.5, 0.6) is 0 Å². The van der Waals surface area contributed by atoms with E-state index in [2.05, 4.69) is 5.32 Å². The Kier molecular flexibility index (Phi) is 2.82. The molecule has 0 amide bonds. The van der Waals surface area contributed by atoms with Crippen molar-refractivity contribution in [3.63, 3.8) is 0 Å². The van der Waals surface area contributed by atoms with Crippen molar-refractivity contribution >= 4 is 34.8 Å². The molecule has 5 heteroatoms. The summed E-state index contributed by atoms with van der Waals surface area (Å²) in [5.74, 6) is 0. The van der Waals surface area contributed by atoms with Crippen molar-refractivity contribution in [1.82, 2.24) is 5.32 Å². The van der Waals surface area contributed by atoms with Crippen LogP contribution in [0.25, 0.3) is 0 Å². The molecule has 0 aliphatic carbocycles. The number of allylic oxidation sites excluding steroid dienone is 3. The van der Waals surface area contributed by atoms with Gasteiger partial charge in [-0.2, -0.15) is 5.26 Å².